The lowest BCUT2D eigenvalue weighted by Gasteiger charge is -2.18. The fourth-order valence-corrected chi connectivity index (χ4v) is 1.34. The van der Waals surface area contributed by atoms with Crippen LogP contribution < -0.4 is 5.84 Å². The van der Waals surface area contributed by atoms with Crippen LogP contribution in [0.15, 0.2) is 24.3 Å². The van der Waals surface area contributed by atoms with Crippen molar-refractivity contribution in [2.24, 2.45) is 11.8 Å². The second-order valence-electron chi connectivity index (χ2n) is 4.22. The molecule has 1 aromatic carbocycles. The lowest BCUT2D eigenvalue weighted by molar-refractivity contribution is 0.0736. The molecule has 0 fully saturated rings. The second kappa shape index (κ2) is 4.94. The number of benzene rings is 1. The minimum absolute atomic E-state index is 0.122. The predicted molar refractivity (Wildman–Crippen MR) is 61.2 cm³/mol. The summed E-state index contributed by atoms with van der Waals surface area (Å²) in [7, 11) is 0. The highest BCUT2D eigenvalue weighted by Crippen LogP contribution is 2.06. The molecule has 0 aromatic heterocycles. The number of carbonyl (C=O) groups excluding carboxylic acids is 1. The normalized spacial score (nSPS) is 10.5. The van der Waals surface area contributed by atoms with Crippen LogP contribution in [0.25, 0.3) is 0 Å². The number of rotatable bonds is 3. The summed E-state index contributed by atoms with van der Waals surface area (Å²) in [6, 6.07) is 7.43. The molecule has 0 aliphatic rings. The van der Waals surface area contributed by atoms with Crippen molar-refractivity contribution in [3.8, 4) is 0 Å². The average molecular weight is 206 g/mol. The first-order valence-corrected chi connectivity index (χ1v) is 5.14. The van der Waals surface area contributed by atoms with E-state index in [0.717, 1.165) is 5.56 Å². The van der Waals surface area contributed by atoms with E-state index in [9.17, 15) is 4.79 Å². The second-order valence-corrected chi connectivity index (χ2v) is 4.22. The van der Waals surface area contributed by atoms with Crippen LogP contribution in [0.3, 0.4) is 0 Å². The molecule has 0 radical (unpaired) electrons. The maximum Gasteiger partial charge on any atom is 0.267 e. The largest absolute Gasteiger partial charge is 0.276 e. The van der Waals surface area contributed by atoms with Crippen LogP contribution in [-0.4, -0.2) is 17.5 Å². The number of aryl methyl sites for hydroxylation is 1. The molecule has 15 heavy (non-hydrogen) atoms. The van der Waals surface area contributed by atoms with Gasteiger partial charge in [-0.25, -0.2) is 5.84 Å². The summed E-state index contributed by atoms with van der Waals surface area (Å²) in [6.07, 6.45) is 0. The molecule has 82 valence electrons. The Labute approximate surface area is 90.9 Å². The maximum absolute atomic E-state index is 11.8. The first-order valence-electron chi connectivity index (χ1n) is 5.14. The maximum atomic E-state index is 11.8. The number of hydrogen-bond donors (Lipinski definition) is 1. The van der Waals surface area contributed by atoms with Gasteiger partial charge in [0.15, 0.2) is 0 Å². The molecule has 3 nitrogen and oxygen atoms in total. The zero-order valence-electron chi connectivity index (χ0n) is 9.53. The van der Waals surface area contributed by atoms with Crippen LogP contribution in [-0.2, 0) is 0 Å². The van der Waals surface area contributed by atoms with E-state index >= 15 is 0 Å². The molecular weight excluding hydrogens is 188 g/mol. The Balaban J connectivity index is 2.72. The van der Waals surface area contributed by atoms with Gasteiger partial charge in [0.05, 0.1) is 0 Å². The number of nitrogens with two attached hydrogens (primary N) is 1. The summed E-state index contributed by atoms with van der Waals surface area (Å²) in [5.74, 6) is 5.93. The molecule has 1 amide bonds. The molecule has 0 heterocycles. The molecule has 3 heteroatoms. The van der Waals surface area contributed by atoms with Gasteiger partial charge in [0.2, 0.25) is 0 Å². The number of amides is 1. The molecule has 0 atom stereocenters. The van der Waals surface area contributed by atoms with Gasteiger partial charge in [-0.2, -0.15) is 0 Å². The third-order valence-electron chi connectivity index (χ3n) is 2.12. The van der Waals surface area contributed by atoms with Crippen molar-refractivity contribution >= 4 is 5.91 Å². The van der Waals surface area contributed by atoms with Crippen molar-refractivity contribution in [3.05, 3.63) is 35.4 Å². The quantitative estimate of drug-likeness (QED) is 0.467. The molecule has 0 aliphatic heterocycles. The molecule has 2 N–H and O–H groups in total. The molecule has 0 saturated heterocycles. The van der Waals surface area contributed by atoms with E-state index in [4.69, 9.17) is 5.84 Å². The molecule has 1 rings (SSSR count). The Kier molecular flexibility index (Phi) is 3.86. The Morgan fingerprint density at radius 1 is 1.33 bits per heavy atom. The molecular formula is C12H18N2O. The highest BCUT2D eigenvalue weighted by atomic mass is 16.2. The van der Waals surface area contributed by atoms with E-state index in [1.54, 1.807) is 12.1 Å². The highest BCUT2D eigenvalue weighted by molar-refractivity contribution is 5.93. The Morgan fingerprint density at radius 3 is 2.33 bits per heavy atom. The van der Waals surface area contributed by atoms with Crippen molar-refractivity contribution in [1.82, 2.24) is 5.01 Å². The number of nitrogens with zero attached hydrogens (tertiary/aromatic N) is 1. The zero-order valence-corrected chi connectivity index (χ0v) is 9.53. The first-order chi connectivity index (χ1) is 7.00. The highest BCUT2D eigenvalue weighted by Gasteiger charge is 2.12. The topological polar surface area (TPSA) is 46.3 Å². The number of hydrogen-bond acceptors (Lipinski definition) is 2. The predicted octanol–water partition coefficient (Wildman–Crippen LogP) is 1.97. The van der Waals surface area contributed by atoms with Crippen molar-refractivity contribution in [1.29, 1.82) is 0 Å². The van der Waals surface area contributed by atoms with Crippen molar-refractivity contribution in [2.75, 3.05) is 6.54 Å². The van der Waals surface area contributed by atoms with E-state index in [1.165, 1.54) is 5.01 Å². The molecule has 0 unspecified atom stereocenters. The standard InChI is InChI=1S/C12H18N2O/c1-9(2)8-14(13)12(15)11-6-4-10(3)5-7-11/h4-7,9H,8,13H2,1-3H3. The van der Waals surface area contributed by atoms with E-state index in [-0.39, 0.29) is 5.91 Å². The van der Waals surface area contributed by atoms with Gasteiger partial charge in [0, 0.05) is 12.1 Å². The smallest absolute Gasteiger partial charge is 0.267 e. The average Bonchev–Trinajstić information content (AvgIpc) is 2.17. The van der Waals surface area contributed by atoms with Gasteiger partial charge in [-0.15, -0.1) is 0 Å². The van der Waals surface area contributed by atoms with E-state index in [0.29, 0.717) is 18.0 Å². The van der Waals surface area contributed by atoms with Crippen LogP contribution in [0.1, 0.15) is 29.8 Å². The van der Waals surface area contributed by atoms with E-state index < -0.39 is 0 Å². The lowest BCUT2D eigenvalue weighted by Crippen LogP contribution is -2.39. The van der Waals surface area contributed by atoms with Gasteiger partial charge in [-0.3, -0.25) is 9.80 Å². The third-order valence-corrected chi connectivity index (χ3v) is 2.12. The number of carbonyl (C=O) groups is 1. The van der Waals surface area contributed by atoms with Crippen LogP contribution in [0.2, 0.25) is 0 Å². The van der Waals surface area contributed by atoms with Crippen LogP contribution in [0.5, 0.6) is 0 Å². The van der Waals surface area contributed by atoms with Crippen LogP contribution >= 0.6 is 0 Å². The summed E-state index contributed by atoms with van der Waals surface area (Å²) >= 11 is 0. The SMILES string of the molecule is Cc1ccc(C(=O)N(N)CC(C)C)cc1. The van der Waals surface area contributed by atoms with Crippen molar-refractivity contribution < 1.29 is 4.79 Å². The van der Waals surface area contributed by atoms with Gasteiger partial charge < -0.3 is 0 Å². The van der Waals surface area contributed by atoms with Crippen molar-refractivity contribution in [2.45, 2.75) is 20.8 Å². The van der Waals surface area contributed by atoms with Gasteiger partial charge in [-0.1, -0.05) is 31.5 Å². The molecule has 0 spiro atoms. The van der Waals surface area contributed by atoms with Crippen LogP contribution in [0, 0.1) is 12.8 Å². The molecule has 0 bridgehead atoms. The molecule has 0 saturated carbocycles. The van der Waals surface area contributed by atoms with Crippen molar-refractivity contribution in [3.63, 3.8) is 0 Å². The lowest BCUT2D eigenvalue weighted by atomic mass is 10.1. The summed E-state index contributed by atoms with van der Waals surface area (Å²) in [5, 5.41) is 1.27. The Morgan fingerprint density at radius 2 is 1.87 bits per heavy atom. The third kappa shape index (κ3) is 3.36. The Hall–Kier alpha value is -1.35. The molecule has 0 aliphatic carbocycles. The van der Waals surface area contributed by atoms with Gasteiger partial charge in [0.25, 0.3) is 5.91 Å². The summed E-state index contributed by atoms with van der Waals surface area (Å²) in [5.41, 5.74) is 1.78. The van der Waals surface area contributed by atoms with E-state index in [1.807, 2.05) is 32.9 Å². The summed E-state index contributed by atoms with van der Waals surface area (Å²) in [6.45, 7) is 6.62. The zero-order chi connectivity index (χ0) is 11.4. The van der Waals surface area contributed by atoms with E-state index in [2.05, 4.69) is 0 Å². The monoisotopic (exact) mass is 206 g/mol. The minimum Gasteiger partial charge on any atom is -0.276 e. The Bertz CT molecular complexity index is 330. The van der Waals surface area contributed by atoms with Crippen LogP contribution in [0.4, 0.5) is 0 Å². The fourth-order valence-electron chi connectivity index (χ4n) is 1.34. The fraction of sp³-hybridized carbons (Fsp3) is 0.417. The van der Waals surface area contributed by atoms with Gasteiger partial charge >= 0.3 is 0 Å². The summed E-state index contributed by atoms with van der Waals surface area (Å²) < 4.78 is 0. The first kappa shape index (κ1) is 11.7. The number of hydrazine groups is 1. The molecule has 1 aromatic rings. The summed E-state index contributed by atoms with van der Waals surface area (Å²) in [4.78, 5) is 11.8. The van der Waals surface area contributed by atoms with Gasteiger partial charge in [0.1, 0.15) is 0 Å². The minimum atomic E-state index is -0.122. The van der Waals surface area contributed by atoms with Gasteiger partial charge in [-0.05, 0) is 25.0 Å².